The minimum atomic E-state index is -0.319. The van der Waals surface area contributed by atoms with Crippen LogP contribution in [0.5, 0.6) is 0 Å². The van der Waals surface area contributed by atoms with Crippen LogP contribution in [0, 0.1) is 5.82 Å². The van der Waals surface area contributed by atoms with E-state index in [0.29, 0.717) is 25.3 Å². The first-order chi connectivity index (χ1) is 8.26. The van der Waals surface area contributed by atoms with Gasteiger partial charge in [0, 0.05) is 30.9 Å². The van der Waals surface area contributed by atoms with E-state index in [1.807, 2.05) is 6.07 Å². The van der Waals surface area contributed by atoms with Gasteiger partial charge in [-0.1, -0.05) is 18.2 Å². The van der Waals surface area contributed by atoms with Crippen molar-refractivity contribution >= 4 is 0 Å². The fraction of sp³-hybridized carbons (Fsp3) is 0.538. The molecule has 0 aromatic heterocycles. The van der Waals surface area contributed by atoms with Gasteiger partial charge in [0.15, 0.2) is 0 Å². The SMILES string of the molecule is OCC1(NCc2ccccc2F)CCOCC1. The first-order valence-corrected chi connectivity index (χ1v) is 5.93. The lowest BCUT2D eigenvalue weighted by Gasteiger charge is -2.36. The van der Waals surface area contributed by atoms with Gasteiger partial charge >= 0.3 is 0 Å². The molecule has 0 amide bonds. The smallest absolute Gasteiger partial charge is 0.127 e. The van der Waals surface area contributed by atoms with Crippen molar-refractivity contribution < 1.29 is 14.2 Å². The van der Waals surface area contributed by atoms with Gasteiger partial charge in [-0.15, -0.1) is 0 Å². The summed E-state index contributed by atoms with van der Waals surface area (Å²) in [5.74, 6) is -0.208. The molecule has 1 saturated heterocycles. The van der Waals surface area contributed by atoms with Gasteiger partial charge in [-0.2, -0.15) is 0 Å². The first kappa shape index (κ1) is 12.5. The van der Waals surface area contributed by atoms with Crippen molar-refractivity contribution in [2.75, 3.05) is 19.8 Å². The second-order valence-corrected chi connectivity index (χ2v) is 4.50. The van der Waals surface area contributed by atoms with Gasteiger partial charge in [-0.3, -0.25) is 0 Å². The van der Waals surface area contributed by atoms with Gasteiger partial charge < -0.3 is 15.2 Å². The first-order valence-electron chi connectivity index (χ1n) is 5.93. The van der Waals surface area contributed by atoms with Gasteiger partial charge in [-0.05, 0) is 18.9 Å². The Morgan fingerprint density at radius 3 is 2.65 bits per heavy atom. The van der Waals surface area contributed by atoms with Crippen LogP contribution < -0.4 is 5.32 Å². The highest BCUT2D eigenvalue weighted by Crippen LogP contribution is 2.21. The summed E-state index contributed by atoms with van der Waals surface area (Å²) in [6.45, 7) is 1.79. The van der Waals surface area contributed by atoms with E-state index < -0.39 is 0 Å². The zero-order valence-electron chi connectivity index (χ0n) is 9.79. The molecule has 1 aliphatic rings. The number of nitrogens with one attached hydrogen (secondary N) is 1. The van der Waals surface area contributed by atoms with Crippen molar-refractivity contribution in [3.05, 3.63) is 35.6 Å². The van der Waals surface area contributed by atoms with E-state index >= 15 is 0 Å². The second kappa shape index (κ2) is 5.58. The molecule has 4 heteroatoms. The van der Waals surface area contributed by atoms with Crippen LogP contribution in [0.2, 0.25) is 0 Å². The largest absolute Gasteiger partial charge is 0.394 e. The van der Waals surface area contributed by atoms with Crippen LogP contribution in [0.3, 0.4) is 0 Å². The molecule has 1 aromatic rings. The molecular formula is C13H18FNO2. The summed E-state index contributed by atoms with van der Waals surface area (Å²) in [5.41, 5.74) is 0.312. The topological polar surface area (TPSA) is 41.5 Å². The van der Waals surface area contributed by atoms with Crippen molar-refractivity contribution in [1.29, 1.82) is 0 Å². The van der Waals surface area contributed by atoms with E-state index in [0.717, 1.165) is 12.8 Å². The number of hydrogen-bond acceptors (Lipinski definition) is 3. The Bertz CT molecular complexity index is 364. The minimum absolute atomic E-state index is 0.0603. The predicted octanol–water partition coefficient (Wildman–Crippen LogP) is 1.46. The normalized spacial score (nSPS) is 19.2. The minimum Gasteiger partial charge on any atom is -0.394 e. The highest BCUT2D eigenvalue weighted by Gasteiger charge is 2.31. The molecule has 0 radical (unpaired) electrons. The maximum Gasteiger partial charge on any atom is 0.127 e. The predicted molar refractivity (Wildman–Crippen MR) is 63.1 cm³/mol. The van der Waals surface area contributed by atoms with Gasteiger partial charge in [0.1, 0.15) is 5.82 Å². The molecule has 2 N–H and O–H groups in total. The van der Waals surface area contributed by atoms with Crippen molar-refractivity contribution in [1.82, 2.24) is 5.32 Å². The monoisotopic (exact) mass is 239 g/mol. The van der Waals surface area contributed by atoms with Crippen LogP contribution in [0.25, 0.3) is 0 Å². The number of halogens is 1. The molecule has 1 fully saturated rings. The lowest BCUT2D eigenvalue weighted by atomic mass is 9.90. The van der Waals surface area contributed by atoms with Crippen LogP contribution in [0.1, 0.15) is 18.4 Å². The molecular weight excluding hydrogens is 221 g/mol. The van der Waals surface area contributed by atoms with E-state index in [2.05, 4.69) is 5.32 Å². The Labute approximate surface area is 101 Å². The van der Waals surface area contributed by atoms with Gasteiger partial charge in [0.05, 0.1) is 6.61 Å². The van der Waals surface area contributed by atoms with Crippen LogP contribution in [0.15, 0.2) is 24.3 Å². The highest BCUT2D eigenvalue weighted by molar-refractivity contribution is 5.17. The summed E-state index contributed by atoms with van der Waals surface area (Å²) in [4.78, 5) is 0. The molecule has 94 valence electrons. The summed E-state index contributed by atoms with van der Waals surface area (Å²) >= 11 is 0. The quantitative estimate of drug-likeness (QED) is 0.835. The molecule has 0 atom stereocenters. The number of hydrogen-bond donors (Lipinski definition) is 2. The molecule has 1 heterocycles. The molecule has 17 heavy (non-hydrogen) atoms. The van der Waals surface area contributed by atoms with Crippen molar-refractivity contribution in [3.63, 3.8) is 0 Å². The van der Waals surface area contributed by atoms with Crippen LogP contribution in [-0.2, 0) is 11.3 Å². The lowest BCUT2D eigenvalue weighted by Crippen LogP contribution is -2.51. The second-order valence-electron chi connectivity index (χ2n) is 4.50. The third kappa shape index (κ3) is 3.03. The fourth-order valence-electron chi connectivity index (χ4n) is 2.08. The van der Waals surface area contributed by atoms with Crippen LogP contribution in [0.4, 0.5) is 4.39 Å². The summed E-state index contributed by atoms with van der Waals surface area (Å²) < 4.78 is 18.7. The summed E-state index contributed by atoms with van der Waals surface area (Å²) in [5, 5.41) is 12.7. The molecule has 3 nitrogen and oxygen atoms in total. The molecule has 0 aliphatic carbocycles. The van der Waals surface area contributed by atoms with Gasteiger partial charge in [0.2, 0.25) is 0 Å². The number of ether oxygens (including phenoxy) is 1. The summed E-state index contributed by atoms with van der Waals surface area (Å²) in [7, 11) is 0. The zero-order chi connectivity index (χ0) is 12.1. The van der Waals surface area contributed by atoms with Crippen molar-refractivity contribution in [3.8, 4) is 0 Å². The Morgan fingerprint density at radius 1 is 1.29 bits per heavy atom. The van der Waals surface area contributed by atoms with E-state index in [1.165, 1.54) is 6.07 Å². The zero-order valence-corrected chi connectivity index (χ0v) is 9.79. The Hall–Kier alpha value is -0.970. The van der Waals surface area contributed by atoms with E-state index in [4.69, 9.17) is 4.74 Å². The average Bonchev–Trinajstić information content (AvgIpc) is 2.39. The molecule has 2 rings (SSSR count). The van der Waals surface area contributed by atoms with Crippen LogP contribution in [-0.4, -0.2) is 30.5 Å². The average molecular weight is 239 g/mol. The number of aliphatic hydroxyl groups is 1. The fourth-order valence-corrected chi connectivity index (χ4v) is 2.08. The molecule has 0 unspecified atom stereocenters. The number of rotatable bonds is 4. The van der Waals surface area contributed by atoms with E-state index in [1.54, 1.807) is 12.1 Å². The highest BCUT2D eigenvalue weighted by atomic mass is 19.1. The summed E-state index contributed by atoms with van der Waals surface area (Å²) in [6.07, 6.45) is 1.52. The van der Waals surface area contributed by atoms with Gasteiger partial charge in [0.25, 0.3) is 0 Å². The van der Waals surface area contributed by atoms with Gasteiger partial charge in [-0.25, -0.2) is 4.39 Å². The molecule has 0 saturated carbocycles. The standard InChI is InChI=1S/C13H18FNO2/c14-12-4-2-1-3-11(12)9-15-13(10-16)5-7-17-8-6-13/h1-4,15-16H,5-10H2. The van der Waals surface area contributed by atoms with E-state index in [-0.39, 0.29) is 18.0 Å². The maximum atomic E-state index is 13.4. The molecule has 0 spiro atoms. The summed E-state index contributed by atoms with van der Waals surface area (Å²) in [6, 6.07) is 6.70. The van der Waals surface area contributed by atoms with E-state index in [9.17, 15) is 9.50 Å². The van der Waals surface area contributed by atoms with Crippen molar-refractivity contribution in [2.24, 2.45) is 0 Å². The Kier molecular flexibility index (Phi) is 4.10. The van der Waals surface area contributed by atoms with Crippen LogP contribution >= 0.6 is 0 Å². The number of benzene rings is 1. The lowest BCUT2D eigenvalue weighted by molar-refractivity contribution is 0.0110. The third-order valence-electron chi connectivity index (χ3n) is 3.36. The molecule has 0 bridgehead atoms. The Morgan fingerprint density at radius 2 is 2.00 bits per heavy atom. The van der Waals surface area contributed by atoms with Crippen molar-refractivity contribution in [2.45, 2.75) is 24.9 Å². The number of aliphatic hydroxyl groups excluding tert-OH is 1. The molecule has 1 aliphatic heterocycles. The molecule has 1 aromatic carbocycles. The maximum absolute atomic E-state index is 13.4. The third-order valence-corrected chi connectivity index (χ3v) is 3.36. The Balaban J connectivity index is 1.98.